The first-order chi connectivity index (χ1) is 50.7. The molecule has 0 aromatic carbocycles. The van der Waals surface area contributed by atoms with E-state index in [1.807, 2.05) is 12.2 Å². The largest absolute Gasteiger partial charge is 0.472 e. The van der Waals surface area contributed by atoms with E-state index in [4.69, 9.17) is 37.0 Å². The van der Waals surface area contributed by atoms with Crippen molar-refractivity contribution in [3.05, 3.63) is 158 Å². The van der Waals surface area contributed by atoms with Gasteiger partial charge in [-0.2, -0.15) is 0 Å². The summed E-state index contributed by atoms with van der Waals surface area (Å²) in [7, 11) is -10.0. The summed E-state index contributed by atoms with van der Waals surface area (Å²) in [6.45, 7) is 4.42. The average molecular weight is 1500 g/mol. The van der Waals surface area contributed by atoms with Crippen LogP contribution < -0.4 is 0 Å². The first-order valence-corrected chi connectivity index (χ1v) is 42.7. The molecule has 0 saturated heterocycles. The monoisotopic (exact) mass is 1490 g/mol. The van der Waals surface area contributed by atoms with Gasteiger partial charge >= 0.3 is 39.5 Å². The number of phosphoric ester groups is 2. The van der Waals surface area contributed by atoms with Crippen molar-refractivity contribution in [1.82, 2.24) is 0 Å². The maximum atomic E-state index is 13.1. The molecule has 0 heterocycles. The highest BCUT2D eigenvalue weighted by Crippen LogP contribution is 2.45. The molecule has 0 fully saturated rings. The highest BCUT2D eigenvalue weighted by atomic mass is 31.2. The van der Waals surface area contributed by atoms with Crippen LogP contribution in [0.15, 0.2) is 158 Å². The molecule has 0 amide bonds. The predicted octanol–water partition coefficient (Wildman–Crippen LogP) is 23.2. The Kier molecular flexibility index (Phi) is 72.0. The van der Waals surface area contributed by atoms with Crippen LogP contribution in [-0.2, 0) is 65.4 Å². The number of aliphatic hydroxyl groups is 1. The van der Waals surface area contributed by atoms with Crippen LogP contribution in [0.2, 0.25) is 0 Å². The normalized spacial score (nSPS) is 14.7. The predicted molar refractivity (Wildman–Crippen MR) is 427 cm³/mol. The molecule has 592 valence electrons. The summed E-state index contributed by atoms with van der Waals surface area (Å²) in [6.07, 6.45) is 88.3. The summed E-state index contributed by atoms with van der Waals surface area (Å²) in [5.74, 6) is -2.37. The lowest BCUT2D eigenvalue weighted by atomic mass is 10.1. The van der Waals surface area contributed by atoms with Crippen molar-refractivity contribution in [1.29, 1.82) is 0 Å². The highest BCUT2D eigenvalue weighted by Gasteiger charge is 2.30. The van der Waals surface area contributed by atoms with E-state index >= 15 is 0 Å². The number of carbonyl (C=O) groups excluding carboxylic acids is 4. The molecule has 0 saturated carbocycles. The summed E-state index contributed by atoms with van der Waals surface area (Å²) in [6, 6.07) is 0. The van der Waals surface area contributed by atoms with Gasteiger partial charge in [-0.15, -0.1) is 0 Å². The van der Waals surface area contributed by atoms with Gasteiger partial charge in [0, 0.05) is 19.3 Å². The summed E-state index contributed by atoms with van der Waals surface area (Å²) in [5.41, 5.74) is 0. The Hall–Kier alpha value is -5.32. The summed E-state index contributed by atoms with van der Waals surface area (Å²) in [4.78, 5) is 72.9. The SMILES string of the molecule is CC/C=C\C/C=C\C/C=C\C/C=C\C/C=C\CC(=O)OC(COC(=O)CCCCCCCC/C=C\C/C=C\C/C=C\CCCCC)COP(=O)(O)OCC(O)COP(=O)(O)OCC(COC(=O)CCCCCCCC/C=C\C/C=C\C/C=C\C/C=C\CC)OC(=O)CCCCCCC/C=C\CCCC. The molecule has 19 heteroatoms. The second kappa shape index (κ2) is 75.9. The molecule has 0 rings (SSSR count). The molecule has 0 aliphatic heterocycles. The number of aliphatic hydroxyl groups excluding tert-OH is 1. The zero-order valence-electron chi connectivity index (χ0n) is 64.6. The van der Waals surface area contributed by atoms with Gasteiger partial charge < -0.3 is 33.8 Å². The Morgan fingerprint density at radius 3 is 0.894 bits per heavy atom. The summed E-state index contributed by atoms with van der Waals surface area (Å²) < 4.78 is 68.4. The van der Waals surface area contributed by atoms with Crippen LogP contribution in [-0.4, -0.2) is 96.7 Å². The van der Waals surface area contributed by atoms with Gasteiger partial charge in [-0.25, -0.2) is 9.13 Å². The Morgan fingerprint density at radius 1 is 0.288 bits per heavy atom. The zero-order valence-corrected chi connectivity index (χ0v) is 66.4. The number of esters is 4. The lowest BCUT2D eigenvalue weighted by Gasteiger charge is -2.21. The Balaban J connectivity index is 5.40. The van der Waals surface area contributed by atoms with Gasteiger partial charge in [0.05, 0.1) is 32.8 Å². The van der Waals surface area contributed by atoms with E-state index in [2.05, 4.69) is 161 Å². The number of rotatable bonds is 73. The van der Waals surface area contributed by atoms with Crippen molar-refractivity contribution >= 4 is 39.5 Å². The molecule has 104 heavy (non-hydrogen) atoms. The minimum Gasteiger partial charge on any atom is -0.462 e. The van der Waals surface area contributed by atoms with Crippen LogP contribution in [0.3, 0.4) is 0 Å². The third-order valence-corrected chi connectivity index (χ3v) is 17.9. The number of unbranched alkanes of at least 4 members (excludes halogenated alkanes) is 22. The first-order valence-electron chi connectivity index (χ1n) is 39.7. The van der Waals surface area contributed by atoms with Crippen molar-refractivity contribution in [3.8, 4) is 0 Å². The fourth-order valence-corrected chi connectivity index (χ4v) is 11.6. The molecular formula is C85H140O17P2. The van der Waals surface area contributed by atoms with Gasteiger partial charge in [0.1, 0.15) is 19.3 Å². The maximum absolute atomic E-state index is 13.1. The number of hydrogen-bond acceptors (Lipinski definition) is 15. The number of hydrogen-bond donors (Lipinski definition) is 3. The fraction of sp³-hybridized carbons (Fsp3) is 0.647. The number of phosphoric acid groups is 2. The van der Waals surface area contributed by atoms with E-state index < -0.39 is 97.5 Å². The average Bonchev–Trinajstić information content (AvgIpc) is 0.924. The van der Waals surface area contributed by atoms with Crippen LogP contribution in [0.5, 0.6) is 0 Å². The van der Waals surface area contributed by atoms with Gasteiger partial charge in [-0.05, 0) is 148 Å². The van der Waals surface area contributed by atoms with Crippen LogP contribution in [0, 0.1) is 0 Å². The van der Waals surface area contributed by atoms with Crippen LogP contribution in [0.25, 0.3) is 0 Å². The molecule has 0 aliphatic rings. The molecule has 0 spiro atoms. The lowest BCUT2D eigenvalue weighted by molar-refractivity contribution is -0.161. The fourth-order valence-electron chi connectivity index (χ4n) is 9.98. The molecular weight excluding hydrogens is 1350 g/mol. The lowest BCUT2D eigenvalue weighted by Crippen LogP contribution is -2.30. The molecule has 0 aliphatic carbocycles. The van der Waals surface area contributed by atoms with E-state index in [1.54, 1.807) is 12.2 Å². The number of allylic oxidation sites excluding steroid dienone is 25. The van der Waals surface area contributed by atoms with Crippen molar-refractivity contribution in [3.63, 3.8) is 0 Å². The highest BCUT2D eigenvalue weighted by molar-refractivity contribution is 7.47. The zero-order chi connectivity index (χ0) is 76.0. The van der Waals surface area contributed by atoms with Crippen molar-refractivity contribution in [2.24, 2.45) is 0 Å². The van der Waals surface area contributed by atoms with Gasteiger partial charge in [-0.1, -0.05) is 282 Å². The Labute approximate surface area is 629 Å². The van der Waals surface area contributed by atoms with E-state index in [9.17, 15) is 43.2 Å². The van der Waals surface area contributed by atoms with Crippen LogP contribution in [0.4, 0.5) is 0 Å². The molecule has 0 bridgehead atoms. The van der Waals surface area contributed by atoms with Crippen molar-refractivity contribution < 1.29 is 80.2 Å². The minimum atomic E-state index is -5.01. The van der Waals surface area contributed by atoms with Crippen molar-refractivity contribution in [2.75, 3.05) is 39.6 Å². The summed E-state index contributed by atoms with van der Waals surface area (Å²) in [5, 5.41) is 10.6. The molecule has 5 unspecified atom stereocenters. The second-order valence-corrected chi connectivity index (χ2v) is 28.8. The minimum absolute atomic E-state index is 0.0738. The second-order valence-electron chi connectivity index (χ2n) is 25.9. The molecule has 17 nitrogen and oxygen atoms in total. The molecule has 5 atom stereocenters. The van der Waals surface area contributed by atoms with Crippen LogP contribution in [0.1, 0.15) is 297 Å². The van der Waals surface area contributed by atoms with E-state index in [0.29, 0.717) is 25.7 Å². The Morgan fingerprint density at radius 2 is 0.548 bits per heavy atom. The topological polar surface area (TPSA) is 237 Å². The number of ether oxygens (including phenoxy) is 4. The van der Waals surface area contributed by atoms with Gasteiger partial charge in [0.2, 0.25) is 0 Å². The van der Waals surface area contributed by atoms with Gasteiger partial charge in [-0.3, -0.25) is 37.3 Å². The van der Waals surface area contributed by atoms with E-state index in [-0.39, 0.29) is 25.7 Å². The van der Waals surface area contributed by atoms with Crippen molar-refractivity contribution in [2.45, 2.75) is 316 Å². The van der Waals surface area contributed by atoms with E-state index in [0.717, 1.165) is 186 Å². The number of carbonyl (C=O) groups is 4. The maximum Gasteiger partial charge on any atom is 0.472 e. The third kappa shape index (κ3) is 74.9. The Bertz CT molecular complexity index is 2590. The quantitative estimate of drug-likeness (QED) is 0.0169. The molecule has 0 aromatic heterocycles. The third-order valence-electron chi connectivity index (χ3n) is 16.0. The van der Waals surface area contributed by atoms with E-state index in [1.165, 1.54) is 32.1 Å². The van der Waals surface area contributed by atoms with Crippen LogP contribution >= 0.6 is 15.6 Å². The standard InChI is InChI=1S/C85H140O17P2/c1-5-9-13-17-21-25-29-32-35-37-39-41-44-46-50-53-57-61-65-69-82(87)95-75-80(101-84(89)71-67-63-59-55-49-28-24-20-16-12-8-4)77-99-103(91,92)97-73-79(86)74-98-104(93,94)100-78-81(102-85(90)72-68-64-60-56-52-48-43-34-31-27-23-19-15-11-7-3)76-96-83(88)70-66-62-58-54-51-47-45-42-40-38-36-33-30-26-22-18-14-10-6-2/h9,11,13,15,20-27,32-36,39-43,52,56,64,68,79-81,86H,5-8,10,12,14,16-19,28-31,37-38,44-51,53-55,57-63,65-67,69-78H2,1-4H3,(H,91,92)(H,93,94)/b13-9-,15-11-,24-20-,25-21-,26-22-,27-23-,35-32-,36-33-,41-39-,42-40-,43-34-,56-52-,68-64-. The molecule has 0 radical (unpaired) electrons. The van der Waals surface area contributed by atoms with Gasteiger partial charge in [0.25, 0.3) is 0 Å². The first kappa shape index (κ1) is 98.7. The summed E-state index contributed by atoms with van der Waals surface area (Å²) >= 11 is 0. The van der Waals surface area contributed by atoms with Gasteiger partial charge in [0.15, 0.2) is 12.2 Å². The smallest absolute Gasteiger partial charge is 0.462 e. The molecule has 0 aromatic rings. The molecule has 3 N–H and O–H groups in total.